The number of hydrogen-bond acceptors (Lipinski definition) is 3. The predicted octanol–water partition coefficient (Wildman–Crippen LogP) is 3.00. The second-order valence-corrected chi connectivity index (χ2v) is 3.75. The highest BCUT2D eigenvalue weighted by atomic mass is 15.4. The van der Waals surface area contributed by atoms with Gasteiger partial charge >= 0.3 is 0 Å². The molecule has 78 valence electrons. The predicted molar refractivity (Wildman–Crippen MR) is 61.3 cm³/mol. The number of aryl methyl sites for hydroxylation is 1. The summed E-state index contributed by atoms with van der Waals surface area (Å²) in [7, 11) is 0. The van der Waals surface area contributed by atoms with E-state index in [1.807, 2.05) is 0 Å². The third-order valence-corrected chi connectivity index (χ3v) is 2.53. The first-order chi connectivity index (χ1) is 7.40. The molecule has 0 bridgehead atoms. The van der Waals surface area contributed by atoms with Crippen molar-refractivity contribution >= 4 is 5.71 Å². The van der Waals surface area contributed by atoms with Crippen LogP contribution in [0.1, 0.15) is 24.5 Å². The van der Waals surface area contributed by atoms with E-state index in [4.69, 9.17) is 0 Å². The molecule has 1 aromatic carbocycles. The van der Waals surface area contributed by atoms with Gasteiger partial charge in [-0.1, -0.05) is 37.6 Å². The van der Waals surface area contributed by atoms with Crippen LogP contribution in [-0.2, 0) is 12.8 Å². The first-order valence-electron chi connectivity index (χ1n) is 5.39. The fourth-order valence-electron chi connectivity index (χ4n) is 1.79. The number of benzene rings is 1. The monoisotopic (exact) mass is 201 g/mol. The molecule has 0 unspecified atom stereocenters. The highest BCUT2D eigenvalue weighted by Crippen LogP contribution is 2.13. The van der Waals surface area contributed by atoms with E-state index in [0.717, 1.165) is 18.6 Å². The van der Waals surface area contributed by atoms with Gasteiger partial charge in [0.2, 0.25) is 0 Å². The molecule has 0 spiro atoms. The molecule has 1 aliphatic heterocycles. The molecular weight excluding hydrogens is 186 g/mol. The van der Waals surface area contributed by atoms with Gasteiger partial charge < -0.3 is 0 Å². The van der Waals surface area contributed by atoms with Crippen LogP contribution >= 0.6 is 0 Å². The maximum Gasteiger partial charge on any atom is 0.103 e. The zero-order valence-corrected chi connectivity index (χ0v) is 8.98. The quantitative estimate of drug-likeness (QED) is 0.718. The molecule has 2 rings (SSSR count). The molecule has 1 aliphatic rings. The zero-order chi connectivity index (χ0) is 10.5. The Labute approximate surface area is 89.9 Å². The Morgan fingerprint density at radius 3 is 2.67 bits per heavy atom. The molecule has 0 aliphatic carbocycles. The molecule has 0 saturated heterocycles. The Kier molecular flexibility index (Phi) is 3.22. The third kappa shape index (κ3) is 2.49. The fraction of sp³-hybridized carbons (Fsp3) is 0.417. The topological polar surface area (TPSA) is 37.1 Å². The Bertz CT molecular complexity index is 394. The van der Waals surface area contributed by atoms with Crippen molar-refractivity contribution < 1.29 is 0 Å². The minimum absolute atomic E-state index is 0.667. The van der Waals surface area contributed by atoms with E-state index in [1.165, 1.54) is 17.5 Å². The Morgan fingerprint density at radius 2 is 2.00 bits per heavy atom. The molecule has 0 saturated carbocycles. The van der Waals surface area contributed by atoms with Crippen molar-refractivity contribution in [2.75, 3.05) is 6.54 Å². The average Bonchev–Trinajstić information content (AvgIpc) is 2.74. The van der Waals surface area contributed by atoms with E-state index in [9.17, 15) is 0 Å². The SMILES string of the molecule is CCCc1ccccc1CC1=NN=NC1. The van der Waals surface area contributed by atoms with Gasteiger partial charge in [-0.15, -0.1) is 5.10 Å². The van der Waals surface area contributed by atoms with E-state index in [0.29, 0.717) is 6.54 Å². The second-order valence-electron chi connectivity index (χ2n) is 3.75. The van der Waals surface area contributed by atoms with Crippen LogP contribution in [0.4, 0.5) is 0 Å². The molecule has 3 heteroatoms. The average molecular weight is 201 g/mol. The van der Waals surface area contributed by atoms with E-state index in [1.54, 1.807) is 0 Å². The highest BCUT2D eigenvalue weighted by Gasteiger charge is 2.08. The third-order valence-electron chi connectivity index (χ3n) is 2.53. The van der Waals surface area contributed by atoms with Crippen LogP contribution in [0, 0.1) is 0 Å². The van der Waals surface area contributed by atoms with Crippen LogP contribution in [0.5, 0.6) is 0 Å². The summed E-state index contributed by atoms with van der Waals surface area (Å²) in [6, 6.07) is 8.55. The van der Waals surface area contributed by atoms with Gasteiger partial charge in [-0.25, -0.2) is 0 Å². The molecule has 0 radical (unpaired) electrons. The molecule has 0 fully saturated rings. The van der Waals surface area contributed by atoms with Crippen molar-refractivity contribution in [3.05, 3.63) is 35.4 Å². The smallest absolute Gasteiger partial charge is 0.103 e. The second kappa shape index (κ2) is 4.82. The van der Waals surface area contributed by atoms with Gasteiger partial charge in [0.1, 0.15) is 6.54 Å². The molecule has 1 heterocycles. The number of rotatable bonds is 4. The molecule has 0 amide bonds. The van der Waals surface area contributed by atoms with E-state index in [-0.39, 0.29) is 0 Å². The maximum atomic E-state index is 4.01. The summed E-state index contributed by atoms with van der Waals surface area (Å²) in [4.78, 5) is 0. The van der Waals surface area contributed by atoms with Gasteiger partial charge in [0.15, 0.2) is 0 Å². The summed E-state index contributed by atoms with van der Waals surface area (Å²) in [5, 5.41) is 11.5. The lowest BCUT2D eigenvalue weighted by atomic mass is 9.99. The summed E-state index contributed by atoms with van der Waals surface area (Å²) >= 11 is 0. The van der Waals surface area contributed by atoms with Crippen LogP contribution in [-0.4, -0.2) is 12.3 Å². The summed E-state index contributed by atoms with van der Waals surface area (Å²) < 4.78 is 0. The van der Waals surface area contributed by atoms with Crippen LogP contribution in [0.2, 0.25) is 0 Å². The van der Waals surface area contributed by atoms with Gasteiger partial charge in [0, 0.05) is 6.42 Å². The molecule has 3 nitrogen and oxygen atoms in total. The summed E-state index contributed by atoms with van der Waals surface area (Å²) in [5.74, 6) is 0. The minimum Gasteiger partial charge on any atom is -0.163 e. The fourth-order valence-corrected chi connectivity index (χ4v) is 1.79. The van der Waals surface area contributed by atoms with Crippen molar-refractivity contribution in [2.45, 2.75) is 26.2 Å². The molecular formula is C12H15N3. The summed E-state index contributed by atoms with van der Waals surface area (Å²) in [6.45, 7) is 2.87. The summed E-state index contributed by atoms with van der Waals surface area (Å²) in [5.41, 5.74) is 3.86. The Balaban J connectivity index is 2.12. The first-order valence-corrected chi connectivity index (χ1v) is 5.39. The van der Waals surface area contributed by atoms with Crippen LogP contribution in [0.15, 0.2) is 39.7 Å². The first kappa shape index (κ1) is 10.0. The van der Waals surface area contributed by atoms with Gasteiger partial charge in [0.25, 0.3) is 0 Å². The molecule has 0 aromatic heterocycles. The lowest BCUT2D eigenvalue weighted by Gasteiger charge is -2.07. The van der Waals surface area contributed by atoms with Crippen molar-refractivity contribution in [1.82, 2.24) is 0 Å². The van der Waals surface area contributed by atoms with Gasteiger partial charge in [0.05, 0.1) is 5.71 Å². The van der Waals surface area contributed by atoms with Crippen LogP contribution in [0.3, 0.4) is 0 Å². The van der Waals surface area contributed by atoms with Crippen molar-refractivity contribution in [2.24, 2.45) is 15.4 Å². The number of hydrogen-bond donors (Lipinski definition) is 0. The zero-order valence-electron chi connectivity index (χ0n) is 8.98. The van der Waals surface area contributed by atoms with Crippen LogP contribution < -0.4 is 0 Å². The molecule has 0 N–H and O–H groups in total. The molecule has 15 heavy (non-hydrogen) atoms. The number of nitrogens with zero attached hydrogens (tertiary/aromatic N) is 3. The lowest BCUT2D eigenvalue weighted by Crippen LogP contribution is -2.06. The van der Waals surface area contributed by atoms with Gasteiger partial charge in [-0.2, -0.15) is 5.11 Å². The van der Waals surface area contributed by atoms with E-state index in [2.05, 4.69) is 46.6 Å². The normalized spacial score (nSPS) is 14.3. The van der Waals surface area contributed by atoms with Crippen molar-refractivity contribution in [1.29, 1.82) is 0 Å². The minimum atomic E-state index is 0.667. The Morgan fingerprint density at radius 1 is 1.20 bits per heavy atom. The van der Waals surface area contributed by atoms with Gasteiger partial charge in [-0.05, 0) is 22.8 Å². The van der Waals surface area contributed by atoms with Crippen molar-refractivity contribution in [3.8, 4) is 0 Å². The van der Waals surface area contributed by atoms with Gasteiger partial charge in [-0.3, -0.25) is 0 Å². The van der Waals surface area contributed by atoms with E-state index < -0.39 is 0 Å². The van der Waals surface area contributed by atoms with E-state index >= 15 is 0 Å². The summed E-state index contributed by atoms with van der Waals surface area (Å²) in [6.07, 6.45) is 3.21. The standard InChI is InChI=1S/C12H15N3/c1-2-5-10-6-3-4-7-11(10)8-12-9-13-15-14-12/h3-4,6-7H,2,5,8-9H2,1H3. The Hall–Kier alpha value is -1.51. The van der Waals surface area contributed by atoms with Crippen LogP contribution in [0.25, 0.3) is 0 Å². The maximum absolute atomic E-state index is 4.01. The lowest BCUT2D eigenvalue weighted by molar-refractivity contribution is 0.908. The highest BCUT2D eigenvalue weighted by molar-refractivity contribution is 5.89. The molecule has 0 atom stereocenters. The largest absolute Gasteiger partial charge is 0.163 e. The molecule has 1 aromatic rings. The van der Waals surface area contributed by atoms with Crippen molar-refractivity contribution in [3.63, 3.8) is 0 Å².